The van der Waals surface area contributed by atoms with E-state index in [-0.39, 0.29) is 11.9 Å². The summed E-state index contributed by atoms with van der Waals surface area (Å²) in [6.07, 6.45) is 0.489. The molecule has 1 aliphatic heterocycles. The van der Waals surface area contributed by atoms with Crippen LogP contribution in [0, 0.1) is 0 Å². The molecule has 0 amide bonds. The molecule has 0 aromatic heterocycles. The van der Waals surface area contributed by atoms with E-state index < -0.39 is 0 Å². The number of Topliss-reactive ketones (excluding diaryl/α,β-unsaturated/α-hetero) is 1. The van der Waals surface area contributed by atoms with Crippen molar-refractivity contribution < 1.29 is 14.3 Å². The van der Waals surface area contributed by atoms with Crippen molar-refractivity contribution in [2.24, 2.45) is 0 Å². The van der Waals surface area contributed by atoms with Gasteiger partial charge in [-0.2, -0.15) is 0 Å². The molecular weight excluding hydrogens is 192 g/mol. The lowest BCUT2D eigenvalue weighted by molar-refractivity contribution is 0.0878. The standard InChI is InChI=1S/C12H14O3/c1-8-12(13)10-7-9(5-6-14-2)3-4-11(10)15-8/h3-4,7-8H,5-6H2,1-2H3. The van der Waals surface area contributed by atoms with E-state index >= 15 is 0 Å². The van der Waals surface area contributed by atoms with Crippen LogP contribution in [0.1, 0.15) is 22.8 Å². The third-order valence-corrected chi connectivity index (χ3v) is 2.58. The van der Waals surface area contributed by atoms with Crippen LogP contribution in [0.15, 0.2) is 18.2 Å². The van der Waals surface area contributed by atoms with Crippen molar-refractivity contribution in [1.29, 1.82) is 0 Å². The Labute approximate surface area is 89.0 Å². The minimum Gasteiger partial charge on any atom is -0.482 e. The average Bonchev–Trinajstić information content (AvgIpc) is 2.52. The van der Waals surface area contributed by atoms with Crippen LogP contribution in [0.4, 0.5) is 0 Å². The Bertz CT molecular complexity index is 384. The minimum atomic E-state index is -0.335. The number of rotatable bonds is 3. The van der Waals surface area contributed by atoms with Crippen LogP contribution in [0.25, 0.3) is 0 Å². The summed E-state index contributed by atoms with van der Waals surface area (Å²) in [7, 11) is 1.67. The molecule has 0 fully saturated rings. The van der Waals surface area contributed by atoms with E-state index in [9.17, 15) is 4.79 Å². The highest BCUT2D eigenvalue weighted by Crippen LogP contribution is 2.29. The van der Waals surface area contributed by atoms with Crippen LogP contribution in [-0.4, -0.2) is 25.6 Å². The van der Waals surface area contributed by atoms with Gasteiger partial charge in [0.1, 0.15) is 5.75 Å². The van der Waals surface area contributed by atoms with E-state index in [2.05, 4.69) is 0 Å². The van der Waals surface area contributed by atoms with Crippen LogP contribution >= 0.6 is 0 Å². The maximum absolute atomic E-state index is 11.7. The van der Waals surface area contributed by atoms with Crippen LogP contribution in [0.5, 0.6) is 5.75 Å². The maximum Gasteiger partial charge on any atom is 0.206 e. The third kappa shape index (κ3) is 1.88. The largest absolute Gasteiger partial charge is 0.482 e. The van der Waals surface area contributed by atoms with Gasteiger partial charge in [0, 0.05) is 7.11 Å². The predicted molar refractivity (Wildman–Crippen MR) is 56.4 cm³/mol. The molecule has 1 heterocycles. The lowest BCUT2D eigenvalue weighted by Gasteiger charge is -2.02. The SMILES string of the molecule is COCCc1ccc2c(c1)C(=O)C(C)O2. The molecule has 1 unspecified atom stereocenters. The number of carbonyl (C=O) groups is 1. The van der Waals surface area contributed by atoms with Crippen molar-refractivity contribution in [2.45, 2.75) is 19.4 Å². The van der Waals surface area contributed by atoms with Crippen molar-refractivity contribution in [3.05, 3.63) is 29.3 Å². The van der Waals surface area contributed by atoms with Crippen molar-refractivity contribution in [3.63, 3.8) is 0 Å². The molecule has 0 bridgehead atoms. The van der Waals surface area contributed by atoms with Crippen LogP contribution in [0.2, 0.25) is 0 Å². The Balaban J connectivity index is 2.23. The topological polar surface area (TPSA) is 35.5 Å². The van der Waals surface area contributed by atoms with Crippen molar-refractivity contribution in [3.8, 4) is 5.75 Å². The van der Waals surface area contributed by atoms with Gasteiger partial charge < -0.3 is 9.47 Å². The molecule has 0 spiro atoms. The van der Waals surface area contributed by atoms with E-state index in [0.29, 0.717) is 17.9 Å². The van der Waals surface area contributed by atoms with Gasteiger partial charge in [-0.3, -0.25) is 4.79 Å². The average molecular weight is 206 g/mol. The van der Waals surface area contributed by atoms with E-state index in [1.807, 2.05) is 18.2 Å². The molecule has 80 valence electrons. The number of fused-ring (bicyclic) bond motifs is 1. The second kappa shape index (κ2) is 4.03. The van der Waals surface area contributed by atoms with E-state index in [4.69, 9.17) is 9.47 Å². The highest BCUT2D eigenvalue weighted by Gasteiger charge is 2.28. The fourth-order valence-electron chi connectivity index (χ4n) is 1.71. The second-order valence-corrected chi connectivity index (χ2v) is 3.70. The summed E-state index contributed by atoms with van der Waals surface area (Å²) in [6.45, 7) is 2.44. The zero-order valence-corrected chi connectivity index (χ0v) is 8.95. The molecule has 1 aromatic rings. The normalized spacial score (nSPS) is 18.8. The van der Waals surface area contributed by atoms with Crippen molar-refractivity contribution in [2.75, 3.05) is 13.7 Å². The van der Waals surface area contributed by atoms with Gasteiger partial charge in [-0.1, -0.05) is 6.07 Å². The van der Waals surface area contributed by atoms with Gasteiger partial charge in [0.05, 0.1) is 12.2 Å². The summed E-state index contributed by atoms with van der Waals surface area (Å²) in [6, 6.07) is 5.74. The van der Waals surface area contributed by atoms with Crippen molar-refractivity contribution >= 4 is 5.78 Å². The Morgan fingerprint density at radius 2 is 2.27 bits per heavy atom. The van der Waals surface area contributed by atoms with Gasteiger partial charge >= 0.3 is 0 Å². The summed E-state index contributed by atoms with van der Waals surface area (Å²) in [4.78, 5) is 11.7. The summed E-state index contributed by atoms with van der Waals surface area (Å²) >= 11 is 0. The molecule has 3 heteroatoms. The molecule has 15 heavy (non-hydrogen) atoms. The Morgan fingerprint density at radius 3 is 3.00 bits per heavy atom. The van der Waals surface area contributed by atoms with Gasteiger partial charge in [0.2, 0.25) is 5.78 Å². The monoisotopic (exact) mass is 206 g/mol. The number of carbonyl (C=O) groups excluding carboxylic acids is 1. The molecule has 1 aliphatic rings. The first-order valence-electron chi connectivity index (χ1n) is 5.05. The molecular formula is C12H14O3. The van der Waals surface area contributed by atoms with Crippen LogP contribution in [-0.2, 0) is 11.2 Å². The molecule has 0 N–H and O–H groups in total. The van der Waals surface area contributed by atoms with Crippen LogP contribution in [0.3, 0.4) is 0 Å². The minimum absolute atomic E-state index is 0.0734. The molecule has 1 aromatic carbocycles. The summed E-state index contributed by atoms with van der Waals surface area (Å²) in [5, 5.41) is 0. The van der Waals surface area contributed by atoms with E-state index in [1.54, 1.807) is 14.0 Å². The van der Waals surface area contributed by atoms with Crippen molar-refractivity contribution in [1.82, 2.24) is 0 Å². The summed E-state index contributed by atoms with van der Waals surface area (Å²) < 4.78 is 10.4. The molecule has 0 radical (unpaired) electrons. The van der Waals surface area contributed by atoms with E-state index in [0.717, 1.165) is 12.0 Å². The van der Waals surface area contributed by atoms with Gasteiger partial charge in [-0.05, 0) is 31.0 Å². The first kappa shape index (κ1) is 10.2. The fraction of sp³-hybridized carbons (Fsp3) is 0.417. The number of hydrogen-bond acceptors (Lipinski definition) is 3. The van der Waals surface area contributed by atoms with Gasteiger partial charge in [-0.15, -0.1) is 0 Å². The number of methoxy groups -OCH3 is 1. The zero-order chi connectivity index (χ0) is 10.8. The fourth-order valence-corrected chi connectivity index (χ4v) is 1.71. The zero-order valence-electron chi connectivity index (χ0n) is 8.95. The molecule has 2 rings (SSSR count). The number of benzene rings is 1. The quantitative estimate of drug-likeness (QED) is 0.757. The highest BCUT2D eigenvalue weighted by atomic mass is 16.5. The Morgan fingerprint density at radius 1 is 1.47 bits per heavy atom. The van der Waals surface area contributed by atoms with Gasteiger partial charge in [0.15, 0.2) is 6.10 Å². The lowest BCUT2D eigenvalue weighted by Crippen LogP contribution is -2.14. The first-order valence-corrected chi connectivity index (χ1v) is 5.05. The predicted octanol–water partition coefficient (Wildman–Crippen LogP) is 1.84. The first-order chi connectivity index (χ1) is 7.22. The third-order valence-electron chi connectivity index (χ3n) is 2.58. The Kier molecular flexibility index (Phi) is 2.73. The smallest absolute Gasteiger partial charge is 0.206 e. The van der Waals surface area contributed by atoms with Gasteiger partial charge in [-0.25, -0.2) is 0 Å². The molecule has 3 nitrogen and oxygen atoms in total. The summed E-state index contributed by atoms with van der Waals surface area (Å²) in [5.41, 5.74) is 1.82. The maximum atomic E-state index is 11.7. The molecule has 1 atom stereocenters. The number of hydrogen-bond donors (Lipinski definition) is 0. The molecule has 0 aliphatic carbocycles. The second-order valence-electron chi connectivity index (χ2n) is 3.70. The number of ether oxygens (including phenoxy) is 2. The molecule has 0 saturated carbocycles. The summed E-state index contributed by atoms with van der Waals surface area (Å²) in [5.74, 6) is 0.776. The number of ketones is 1. The lowest BCUT2D eigenvalue weighted by atomic mass is 10.0. The van der Waals surface area contributed by atoms with Crippen LogP contribution < -0.4 is 4.74 Å². The Hall–Kier alpha value is -1.35. The van der Waals surface area contributed by atoms with E-state index in [1.165, 1.54) is 0 Å². The highest BCUT2D eigenvalue weighted by molar-refractivity contribution is 6.04. The molecule has 0 saturated heterocycles. The van der Waals surface area contributed by atoms with Gasteiger partial charge in [0.25, 0.3) is 0 Å².